The first-order valence-electron chi connectivity index (χ1n) is 14.2. The number of anilines is 2. The fraction of sp³-hybridized carbons (Fsp3) is 0.229. The van der Waals surface area contributed by atoms with Crippen LogP contribution < -0.4 is 10.2 Å². The van der Waals surface area contributed by atoms with Crippen molar-refractivity contribution in [3.63, 3.8) is 0 Å². The molecule has 7 heteroatoms. The van der Waals surface area contributed by atoms with Gasteiger partial charge in [0.05, 0.1) is 16.8 Å². The number of thiophene rings is 1. The minimum atomic E-state index is -1.32. The summed E-state index contributed by atoms with van der Waals surface area (Å²) in [4.78, 5) is 46.4. The van der Waals surface area contributed by atoms with E-state index >= 15 is 0 Å². The molecule has 3 aliphatic rings. The molecular weight excluding hydrogens is 564 g/mol. The molecule has 3 aromatic carbocycles. The van der Waals surface area contributed by atoms with Crippen LogP contribution in [0.2, 0.25) is 5.02 Å². The average molecular weight is 593 g/mol. The number of hydrogen-bond acceptors (Lipinski definition) is 5. The molecule has 1 aromatic heterocycles. The topological polar surface area (TPSA) is 66.5 Å². The van der Waals surface area contributed by atoms with Gasteiger partial charge in [0.25, 0.3) is 0 Å². The lowest BCUT2D eigenvalue weighted by atomic mass is 9.64. The Morgan fingerprint density at radius 3 is 2.52 bits per heavy atom. The van der Waals surface area contributed by atoms with Crippen LogP contribution in [0.3, 0.4) is 0 Å². The van der Waals surface area contributed by atoms with Crippen LogP contribution in [-0.2, 0) is 16.6 Å². The van der Waals surface area contributed by atoms with Crippen molar-refractivity contribution in [3.05, 3.63) is 122 Å². The van der Waals surface area contributed by atoms with Gasteiger partial charge in [-0.3, -0.25) is 14.4 Å². The zero-order valence-electron chi connectivity index (χ0n) is 23.2. The first kappa shape index (κ1) is 26.9. The second-order valence-corrected chi connectivity index (χ2v) is 13.1. The summed E-state index contributed by atoms with van der Waals surface area (Å²) in [6.45, 7) is 4.32. The van der Waals surface area contributed by atoms with E-state index in [0.29, 0.717) is 27.1 Å². The summed E-state index contributed by atoms with van der Waals surface area (Å²) in [5.41, 5.74) is 3.35. The lowest BCUT2D eigenvalue weighted by molar-refractivity contribution is -0.121. The Bertz CT molecular complexity index is 1760. The minimum Gasteiger partial charge on any atom is -0.352 e. The quantitative estimate of drug-likeness (QED) is 0.236. The fourth-order valence-electron chi connectivity index (χ4n) is 7.17. The molecular formula is C35H29ClN2O3S. The normalized spacial score (nSPS) is 23.6. The molecule has 4 aromatic rings. The summed E-state index contributed by atoms with van der Waals surface area (Å²) >= 11 is 7.73. The molecule has 5 nitrogen and oxygen atoms in total. The van der Waals surface area contributed by atoms with Gasteiger partial charge in [0, 0.05) is 22.0 Å². The largest absolute Gasteiger partial charge is 0.352 e. The summed E-state index contributed by atoms with van der Waals surface area (Å²) in [6.07, 6.45) is 4.82. The number of Topliss-reactive ketones (excluding diaryl/α,β-unsaturated/α-hetero) is 2. The van der Waals surface area contributed by atoms with E-state index in [1.807, 2.05) is 89.2 Å². The van der Waals surface area contributed by atoms with Crippen LogP contribution in [0.5, 0.6) is 0 Å². The number of nitrogens with zero attached hydrogens (tertiary/aromatic N) is 1. The molecule has 7 rings (SSSR count). The Balaban J connectivity index is 1.48. The van der Waals surface area contributed by atoms with Crippen LogP contribution in [0.1, 0.15) is 50.6 Å². The van der Waals surface area contributed by atoms with Gasteiger partial charge < -0.3 is 10.2 Å². The lowest BCUT2D eigenvalue weighted by Gasteiger charge is -2.37. The van der Waals surface area contributed by atoms with Gasteiger partial charge in [0.1, 0.15) is 11.5 Å². The number of fused-ring (bicyclic) bond motifs is 6. The number of carbonyl (C=O) groups excluding carboxylic acids is 3. The van der Waals surface area contributed by atoms with E-state index in [-0.39, 0.29) is 17.5 Å². The van der Waals surface area contributed by atoms with Crippen molar-refractivity contribution in [2.75, 3.05) is 10.2 Å². The number of ketones is 2. The Morgan fingerprint density at radius 2 is 1.79 bits per heavy atom. The molecule has 0 saturated carbocycles. The third-order valence-corrected chi connectivity index (χ3v) is 9.91. The summed E-state index contributed by atoms with van der Waals surface area (Å²) in [5.74, 6) is -1.16. The highest BCUT2D eigenvalue weighted by Crippen LogP contribution is 2.58. The van der Waals surface area contributed by atoms with Gasteiger partial charge in [-0.2, -0.15) is 0 Å². The van der Waals surface area contributed by atoms with Crippen LogP contribution in [0.25, 0.3) is 6.08 Å². The number of halogens is 1. The Kier molecular flexibility index (Phi) is 6.44. The Labute approximate surface area is 253 Å². The van der Waals surface area contributed by atoms with Gasteiger partial charge in [0.2, 0.25) is 5.91 Å². The van der Waals surface area contributed by atoms with Crippen LogP contribution >= 0.6 is 22.9 Å². The van der Waals surface area contributed by atoms with Crippen molar-refractivity contribution >= 4 is 57.9 Å². The molecule has 210 valence electrons. The van der Waals surface area contributed by atoms with Gasteiger partial charge >= 0.3 is 0 Å². The highest BCUT2D eigenvalue weighted by Gasteiger charge is 2.70. The molecule has 1 N–H and O–H groups in total. The smallest absolute Gasteiger partial charge is 0.238 e. The molecule has 42 heavy (non-hydrogen) atoms. The first-order chi connectivity index (χ1) is 20.3. The molecule has 0 aliphatic carbocycles. The number of amides is 1. The summed E-state index contributed by atoms with van der Waals surface area (Å²) in [5, 5.41) is 5.51. The predicted octanol–water partition coefficient (Wildman–Crippen LogP) is 7.46. The SMILES string of the molecule is CC(C)Cc1ccc(C(=O)[C@@H]2[C@H](C(=O)c3cccs3)N3c4ccc(Cl)cc4C=C[C@H]3[C@@]23C(=O)Nc2ccccc23)cc1. The van der Waals surface area contributed by atoms with E-state index in [1.54, 1.807) is 12.1 Å². The third-order valence-electron chi connectivity index (χ3n) is 8.79. The minimum absolute atomic E-state index is 0.171. The van der Waals surface area contributed by atoms with Gasteiger partial charge in [-0.1, -0.05) is 86.1 Å². The molecule has 0 radical (unpaired) electrons. The molecule has 1 spiro atoms. The van der Waals surface area contributed by atoms with Crippen LogP contribution in [-0.4, -0.2) is 29.6 Å². The maximum absolute atomic E-state index is 14.9. The van der Waals surface area contributed by atoms with Gasteiger partial charge in [-0.05, 0) is 64.7 Å². The van der Waals surface area contributed by atoms with Crippen molar-refractivity contribution in [1.82, 2.24) is 0 Å². The van der Waals surface area contributed by atoms with Gasteiger partial charge in [0.15, 0.2) is 11.6 Å². The molecule has 1 fully saturated rings. The molecule has 0 bridgehead atoms. The number of nitrogens with one attached hydrogen (secondary N) is 1. The third kappa shape index (κ3) is 3.92. The predicted molar refractivity (Wildman–Crippen MR) is 169 cm³/mol. The van der Waals surface area contributed by atoms with Crippen molar-refractivity contribution in [3.8, 4) is 0 Å². The molecule has 1 saturated heterocycles. The number of hydrogen-bond donors (Lipinski definition) is 1. The molecule has 4 heterocycles. The zero-order chi connectivity index (χ0) is 29.2. The first-order valence-corrected chi connectivity index (χ1v) is 15.4. The van der Waals surface area contributed by atoms with E-state index in [2.05, 4.69) is 19.2 Å². The summed E-state index contributed by atoms with van der Waals surface area (Å²) in [7, 11) is 0. The van der Waals surface area contributed by atoms with E-state index in [9.17, 15) is 14.4 Å². The Morgan fingerprint density at radius 1 is 1.00 bits per heavy atom. The molecule has 3 aliphatic heterocycles. The van der Waals surface area contributed by atoms with E-state index in [4.69, 9.17) is 11.6 Å². The highest BCUT2D eigenvalue weighted by molar-refractivity contribution is 7.12. The number of para-hydroxylation sites is 1. The van der Waals surface area contributed by atoms with E-state index in [0.717, 1.165) is 28.8 Å². The summed E-state index contributed by atoms with van der Waals surface area (Å²) in [6, 6.07) is 22.9. The van der Waals surface area contributed by atoms with Gasteiger partial charge in [-0.15, -0.1) is 11.3 Å². The van der Waals surface area contributed by atoms with Crippen molar-refractivity contribution in [1.29, 1.82) is 0 Å². The molecule has 0 unspecified atom stereocenters. The standard InChI is InChI=1S/C35H29ClN2O3S/c1-20(2)18-21-9-11-22(12-10-21)32(39)30-31(33(40)28-8-5-17-42-28)38-27-15-14-24(36)19-23(27)13-16-29(38)35(30)25-6-3-4-7-26(25)37-34(35)41/h3-17,19-20,29-31H,18H2,1-2H3,(H,37,41)/t29-,30-,31+,35+/m0/s1. The molecule has 1 amide bonds. The lowest BCUT2D eigenvalue weighted by Crippen LogP contribution is -2.51. The molecule has 4 atom stereocenters. The fourth-order valence-corrected chi connectivity index (χ4v) is 8.05. The number of rotatable bonds is 6. The second-order valence-electron chi connectivity index (χ2n) is 11.7. The van der Waals surface area contributed by atoms with Crippen LogP contribution in [0, 0.1) is 11.8 Å². The highest BCUT2D eigenvalue weighted by atomic mass is 35.5. The average Bonchev–Trinajstić information content (AvgIpc) is 3.69. The van der Waals surface area contributed by atoms with E-state index in [1.165, 1.54) is 11.3 Å². The monoisotopic (exact) mass is 592 g/mol. The second kappa shape index (κ2) is 10.1. The van der Waals surface area contributed by atoms with Crippen molar-refractivity contribution < 1.29 is 14.4 Å². The zero-order valence-corrected chi connectivity index (χ0v) is 24.8. The maximum atomic E-state index is 14.9. The van der Waals surface area contributed by atoms with Crippen LogP contribution in [0.4, 0.5) is 11.4 Å². The van der Waals surface area contributed by atoms with Crippen LogP contribution in [0.15, 0.2) is 90.3 Å². The number of benzene rings is 3. The van der Waals surface area contributed by atoms with E-state index < -0.39 is 23.4 Å². The van der Waals surface area contributed by atoms with Gasteiger partial charge in [-0.25, -0.2) is 0 Å². The number of carbonyl (C=O) groups is 3. The van der Waals surface area contributed by atoms with Crippen molar-refractivity contribution in [2.24, 2.45) is 11.8 Å². The maximum Gasteiger partial charge on any atom is 0.238 e. The summed E-state index contributed by atoms with van der Waals surface area (Å²) < 4.78 is 0. The Hall–Kier alpha value is -4.00. The van der Waals surface area contributed by atoms with Crippen molar-refractivity contribution in [2.45, 2.75) is 37.8 Å².